The van der Waals surface area contributed by atoms with Crippen molar-refractivity contribution in [1.29, 1.82) is 0 Å². The Balaban J connectivity index is 2.20. The molecular weight excluding hydrogens is 210 g/mol. The van der Waals surface area contributed by atoms with Crippen molar-refractivity contribution < 1.29 is 4.98 Å². The number of hydrazone groups is 1. The third-order valence-corrected chi connectivity index (χ3v) is 2.57. The van der Waals surface area contributed by atoms with Crippen LogP contribution in [0.1, 0.15) is 12.5 Å². The molecule has 17 heavy (non-hydrogen) atoms. The van der Waals surface area contributed by atoms with Gasteiger partial charge in [-0.2, -0.15) is 5.10 Å². The largest absolute Gasteiger partial charge is 0.268 e. The van der Waals surface area contributed by atoms with Gasteiger partial charge >= 0.3 is 0 Å². The lowest BCUT2D eigenvalue weighted by molar-refractivity contribution is -0.378. The Labute approximate surface area is 101 Å². The highest BCUT2D eigenvalue weighted by Gasteiger charge is 2.01. The third kappa shape index (κ3) is 2.91. The number of benzene rings is 1. The molecule has 2 aromatic rings. The molecule has 1 aromatic heterocycles. The highest BCUT2D eigenvalue weighted by molar-refractivity contribution is 5.98. The fourth-order valence-corrected chi connectivity index (χ4v) is 1.61. The molecule has 1 heterocycles. The standard InChI is InChI=1S/C14H15N3/c1-12(13-8-10-15-11-9-13)16-17(2)14-6-4-3-5-7-14/h3-11H,1-2H3/p+1/b16-12+. The van der Waals surface area contributed by atoms with Gasteiger partial charge in [-0.1, -0.05) is 18.2 Å². The van der Waals surface area contributed by atoms with E-state index in [1.807, 2.05) is 73.8 Å². The van der Waals surface area contributed by atoms with E-state index in [1.54, 1.807) is 0 Å². The Morgan fingerprint density at radius 3 is 2.35 bits per heavy atom. The summed E-state index contributed by atoms with van der Waals surface area (Å²) < 4.78 is 0. The monoisotopic (exact) mass is 226 g/mol. The van der Waals surface area contributed by atoms with Crippen molar-refractivity contribution in [2.45, 2.75) is 6.92 Å². The lowest BCUT2D eigenvalue weighted by Gasteiger charge is -2.14. The van der Waals surface area contributed by atoms with E-state index in [-0.39, 0.29) is 0 Å². The summed E-state index contributed by atoms with van der Waals surface area (Å²) in [5, 5.41) is 6.43. The van der Waals surface area contributed by atoms with Crippen molar-refractivity contribution in [2.24, 2.45) is 5.10 Å². The molecule has 0 fully saturated rings. The number of H-pyrrole nitrogens is 1. The number of rotatable bonds is 3. The number of nitrogens with one attached hydrogen (secondary N) is 1. The van der Waals surface area contributed by atoms with E-state index < -0.39 is 0 Å². The minimum Gasteiger partial charge on any atom is -0.268 e. The summed E-state index contributed by atoms with van der Waals surface area (Å²) in [4.78, 5) is 3.00. The van der Waals surface area contributed by atoms with Crippen LogP contribution >= 0.6 is 0 Å². The minimum atomic E-state index is 0.991. The molecule has 0 aliphatic rings. The lowest BCUT2D eigenvalue weighted by atomic mass is 10.2. The molecule has 0 aliphatic carbocycles. The van der Waals surface area contributed by atoms with Crippen molar-refractivity contribution in [2.75, 3.05) is 12.1 Å². The molecule has 86 valence electrons. The summed E-state index contributed by atoms with van der Waals surface area (Å²) in [6.45, 7) is 2.01. The number of hydrogen-bond acceptors (Lipinski definition) is 2. The molecule has 1 N–H and O–H groups in total. The molecule has 0 amide bonds. The minimum absolute atomic E-state index is 0.991. The molecule has 0 saturated carbocycles. The lowest BCUT2D eigenvalue weighted by Crippen LogP contribution is -2.12. The van der Waals surface area contributed by atoms with Gasteiger partial charge in [-0.05, 0) is 19.1 Å². The molecule has 0 aliphatic heterocycles. The highest BCUT2D eigenvalue weighted by atomic mass is 15.4. The van der Waals surface area contributed by atoms with Crippen molar-refractivity contribution >= 4 is 11.4 Å². The van der Waals surface area contributed by atoms with Gasteiger partial charge in [0.2, 0.25) is 0 Å². The maximum Gasteiger partial charge on any atom is 0.167 e. The maximum atomic E-state index is 4.55. The number of hydrogen-bond donors (Lipinski definition) is 0. The average molecular weight is 226 g/mol. The van der Waals surface area contributed by atoms with E-state index >= 15 is 0 Å². The summed E-state index contributed by atoms with van der Waals surface area (Å²) in [6.07, 6.45) is 3.80. The Hall–Kier alpha value is -2.16. The summed E-state index contributed by atoms with van der Waals surface area (Å²) in [5.41, 5.74) is 3.19. The highest BCUT2D eigenvalue weighted by Crippen LogP contribution is 2.12. The second-order valence-electron chi connectivity index (χ2n) is 3.83. The topological polar surface area (TPSA) is 29.7 Å². The molecule has 0 saturated heterocycles. The summed E-state index contributed by atoms with van der Waals surface area (Å²) in [5.74, 6) is 0. The van der Waals surface area contributed by atoms with E-state index in [1.165, 1.54) is 0 Å². The van der Waals surface area contributed by atoms with Crippen LogP contribution in [0.5, 0.6) is 0 Å². The van der Waals surface area contributed by atoms with E-state index in [0.29, 0.717) is 0 Å². The van der Waals surface area contributed by atoms with Crippen LogP contribution in [-0.2, 0) is 0 Å². The van der Waals surface area contributed by atoms with Crippen LogP contribution in [0.4, 0.5) is 5.69 Å². The first-order chi connectivity index (χ1) is 8.27. The molecular formula is C14H16N3+. The second kappa shape index (κ2) is 5.25. The van der Waals surface area contributed by atoms with Gasteiger partial charge in [0.25, 0.3) is 0 Å². The number of pyridine rings is 1. The molecule has 2 rings (SSSR count). The number of anilines is 1. The quantitative estimate of drug-likeness (QED) is 0.583. The van der Waals surface area contributed by atoms with Gasteiger partial charge in [0.05, 0.1) is 11.4 Å². The van der Waals surface area contributed by atoms with Gasteiger partial charge in [0.15, 0.2) is 12.4 Å². The average Bonchev–Trinajstić information content (AvgIpc) is 2.40. The molecule has 0 spiro atoms. The van der Waals surface area contributed by atoms with Gasteiger partial charge in [0.1, 0.15) is 0 Å². The van der Waals surface area contributed by atoms with Crippen LogP contribution in [0, 0.1) is 0 Å². The van der Waals surface area contributed by atoms with E-state index in [9.17, 15) is 0 Å². The zero-order valence-electron chi connectivity index (χ0n) is 10.1. The molecule has 0 unspecified atom stereocenters. The third-order valence-electron chi connectivity index (χ3n) is 2.57. The van der Waals surface area contributed by atoms with Gasteiger partial charge in [-0.15, -0.1) is 0 Å². The van der Waals surface area contributed by atoms with Crippen LogP contribution in [0.25, 0.3) is 0 Å². The van der Waals surface area contributed by atoms with Crippen LogP contribution in [-0.4, -0.2) is 12.8 Å². The number of nitrogens with zero attached hydrogens (tertiary/aromatic N) is 2. The van der Waals surface area contributed by atoms with Crippen LogP contribution in [0.3, 0.4) is 0 Å². The Bertz CT molecular complexity index is 491. The number of aromatic nitrogens is 1. The van der Waals surface area contributed by atoms with Crippen LogP contribution < -0.4 is 9.99 Å². The molecule has 1 aromatic carbocycles. The predicted molar refractivity (Wildman–Crippen MR) is 70.1 cm³/mol. The molecule has 0 radical (unpaired) electrons. The first-order valence-corrected chi connectivity index (χ1v) is 5.58. The van der Waals surface area contributed by atoms with Crippen molar-refractivity contribution in [3.05, 3.63) is 60.4 Å². The van der Waals surface area contributed by atoms with Gasteiger partial charge in [-0.25, -0.2) is 4.98 Å². The summed E-state index contributed by atoms with van der Waals surface area (Å²) in [6, 6.07) is 14.1. The van der Waals surface area contributed by atoms with Crippen molar-refractivity contribution in [3.8, 4) is 0 Å². The van der Waals surface area contributed by atoms with Crippen molar-refractivity contribution in [1.82, 2.24) is 0 Å². The summed E-state index contributed by atoms with van der Waals surface area (Å²) >= 11 is 0. The first kappa shape index (κ1) is 11.3. The second-order valence-corrected chi connectivity index (χ2v) is 3.83. The van der Waals surface area contributed by atoms with E-state index in [4.69, 9.17) is 0 Å². The Kier molecular flexibility index (Phi) is 3.50. The normalized spacial score (nSPS) is 11.3. The fraction of sp³-hybridized carbons (Fsp3) is 0.143. The predicted octanol–water partition coefficient (Wildman–Crippen LogP) is 2.36. The smallest absolute Gasteiger partial charge is 0.167 e. The number of para-hydroxylation sites is 1. The SMILES string of the molecule is C/C(=N\N(C)c1ccccc1)c1cc[nH+]cc1. The zero-order chi connectivity index (χ0) is 12.1. The number of aromatic amines is 1. The van der Waals surface area contributed by atoms with Gasteiger partial charge in [-0.3, -0.25) is 5.01 Å². The molecule has 0 atom stereocenters. The van der Waals surface area contributed by atoms with E-state index in [0.717, 1.165) is 17.0 Å². The Morgan fingerprint density at radius 1 is 1.06 bits per heavy atom. The molecule has 0 bridgehead atoms. The summed E-state index contributed by atoms with van der Waals surface area (Å²) in [7, 11) is 1.95. The van der Waals surface area contributed by atoms with Crippen LogP contribution in [0.15, 0.2) is 60.0 Å². The maximum absolute atomic E-state index is 4.55. The molecule has 3 nitrogen and oxygen atoms in total. The van der Waals surface area contributed by atoms with E-state index in [2.05, 4.69) is 10.1 Å². The molecule has 3 heteroatoms. The first-order valence-electron chi connectivity index (χ1n) is 5.58. The zero-order valence-corrected chi connectivity index (χ0v) is 10.1. The Morgan fingerprint density at radius 2 is 1.71 bits per heavy atom. The van der Waals surface area contributed by atoms with Gasteiger partial charge < -0.3 is 0 Å². The van der Waals surface area contributed by atoms with Crippen LogP contribution in [0.2, 0.25) is 0 Å². The fourth-order valence-electron chi connectivity index (χ4n) is 1.61. The van der Waals surface area contributed by atoms with Crippen molar-refractivity contribution in [3.63, 3.8) is 0 Å². The van der Waals surface area contributed by atoms with Gasteiger partial charge in [0, 0.05) is 24.7 Å².